The van der Waals surface area contributed by atoms with E-state index < -0.39 is 220 Å². The molecule has 0 aliphatic rings. The predicted octanol–water partition coefficient (Wildman–Crippen LogP) is 0.961. The highest BCUT2D eigenvalue weighted by atomic mass is 16.6. The number of hydrogen-bond donors (Lipinski definition) is 13. The van der Waals surface area contributed by atoms with Gasteiger partial charge in [0.15, 0.2) is 0 Å². The number of esters is 5. The molecule has 0 amide bonds. The third-order valence-corrected chi connectivity index (χ3v) is 9.60. The van der Waals surface area contributed by atoms with Gasteiger partial charge in [-0.05, 0) is 12.3 Å². The fourth-order valence-corrected chi connectivity index (χ4v) is 6.88. The number of ether oxygens (including phenoxy) is 3. The predicted molar refractivity (Wildman–Crippen MR) is 219 cm³/mol. The maximum absolute atomic E-state index is 14.4. The van der Waals surface area contributed by atoms with E-state index in [9.17, 15) is 153 Å². The number of carbonyl (C=O) groups excluding carboxylic acids is 5. The average Bonchev–Trinajstić information content (AvgIpc) is 3.27. The smallest absolute Gasteiger partial charge is 0.347 e. The van der Waals surface area contributed by atoms with Gasteiger partial charge in [0.05, 0.1) is 107 Å². The first kappa shape index (κ1) is 57.8. The topological polar surface area (TPSA) is 598 Å². The minimum atomic E-state index is -3.14. The summed E-state index contributed by atoms with van der Waals surface area (Å²) in [5, 5.41) is 129. The molecule has 0 atom stereocenters. The molecule has 0 unspecified atom stereocenters. The second kappa shape index (κ2) is 21.7. The fourth-order valence-electron chi connectivity index (χ4n) is 6.88. The quantitative estimate of drug-likeness (QED) is 0.0401. The zero-order chi connectivity index (χ0) is 57.9. The number of hydrogen-bond acceptors (Lipinski definition) is 21. The average molecular weight is 1060 g/mol. The van der Waals surface area contributed by atoms with Crippen molar-refractivity contribution in [2.45, 2.75) is 20.3 Å². The highest BCUT2D eigenvalue weighted by Crippen LogP contribution is 2.36. The molecule has 0 bridgehead atoms. The molecule has 75 heavy (non-hydrogen) atoms. The van der Waals surface area contributed by atoms with E-state index in [0.717, 1.165) is 0 Å². The van der Waals surface area contributed by atoms with Gasteiger partial charge in [0.1, 0.15) is 0 Å². The summed E-state index contributed by atoms with van der Waals surface area (Å²) in [5.41, 5.74) is -42.5. The number of carboxylic acids is 13. The van der Waals surface area contributed by atoms with E-state index in [4.69, 9.17) is 4.74 Å². The van der Waals surface area contributed by atoms with Crippen LogP contribution in [0.2, 0.25) is 0 Å². The molecule has 0 aliphatic heterocycles. The minimum Gasteiger partial charge on any atom is -0.478 e. The molecule has 0 radical (unpaired) electrons. The van der Waals surface area contributed by atoms with Crippen molar-refractivity contribution in [1.82, 2.24) is 0 Å². The maximum Gasteiger partial charge on any atom is 0.347 e. The summed E-state index contributed by atoms with van der Waals surface area (Å²) >= 11 is 0. The Kier molecular flexibility index (Phi) is 16.7. The van der Waals surface area contributed by atoms with Gasteiger partial charge in [0.25, 0.3) is 0 Å². The van der Waals surface area contributed by atoms with Crippen LogP contribution >= 0.6 is 0 Å². The largest absolute Gasteiger partial charge is 0.478 e. The highest BCUT2D eigenvalue weighted by molar-refractivity contribution is 6.29. The Hall–Kier alpha value is -11.5. The van der Waals surface area contributed by atoms with Crippen LogP contribution in [-0.2, 0) is 14.2 Å². The summed E-state index contributed by atoms with van der Waals surface area (Å²) in [6, 6.07) is 0. The molecule has 3 aromatic rings. The summed E-state index contributed by atoms with van der Waals surface area (Å²) in [5.74, 6) is -52.0. The summed E-state index contributed by atoms with van der Waals surface area (Å²) < 4.78 is 13.5. The summed E-state index contributed by atoms with van der Waals surface area (Å²) in [6.45, 7) is 1.93. The second-order valence-electron chi connectivity index (χ2n) is 14.4. The maximum atomic E-state index is 14.4. The molecule has 34 nitrogen and oxygen atoms in total. The van der Waals surface area contributed by atoms with Gasteiger partial charge < -0.3 is 80.6 Å². The SMILES string of the molecule is CC(C)CCOC(=O)c1c(C(=O)O)c(C(=O)O)c(C(=O)O)c(C(=O)OC(=O)c2c(C(=O)O)c(C(=O)O)c(C(=O)O)c(C(=O)O)c2C(=O)O)c1C(=O)OC(=O)c1c(C(=O)O)c(C(=O)O)c(C(=O)O)c(C(=O)O)c1C(=O)O. The Morgan fingerprint density at radius 3 is 0.547 bits per heavy atom. The molecular weight excluding hydrogens is 1040 g/mol. The van der Waals surface area contributed by atoms with Gasteiger partial charge in [-0.3, -0.25) is 0 Å². The van der Waals surface area contributed by atoms with Crippen LogP contribution in [0.15, 0.2) is 0 Å². The number of carbonyl (C=O) groups is 18. The number of benzene rings is 3. The van der Waals surface area contributed by atoms with Crippen molar-refractivity contribution in [2.75, 3.05) is 6.61 Å². The van der Waals surface area contributed by atoms with Crippen molar-refractivity contribution in [1.29, 1.82) is 0 Å². The van der Waals surface area contributed by atoms with Crippen LogP contribution in [-0.4, -0.2) is 180 Å². The normalized spacial score (nSPS) is 10.5. The third-order valence-electron chi connectivity index (χ3n) is 9.60. The van der Waals surface area contributed by atoms with Crippen molar-refractivity contribution in [2.24, 2.45) is 5.92 Å². The monoisotopic (exact) mass is 1060 g/mol. The molecule has 3 rings (SSSR count). The first-order chi connectivity index (χ1) is 34.5. The van der Waals surface area contributed by atoms with Crippen LogP contribution in [0, 0.1) is 5.92 Å². The van der Waals surface area contributed by atoms with Crippen molar-refractivity contribution < 1.29 is 167 Å². The lowest BCUT2D eigenvalue weighted by atomic mass is 9.85. The first-order valence-corrected chi connectivity index (χ1v) is 19.0. The van der Waals surface area contributed by atoms with Gasteiger partial charge in [0.2, 0.25) is 0 Å². The molecule has 34 heteroatoms. The van der Waals surface area contributed by atoms with Crippen LogP contribution in [0.4, 0.5) is 0 Å². The molecule has 0 heterocycles. The van der Waals surface area contributed by atoms with Gasteiger partial charge in [-0.15, -0.1) is 0 Å². The van der Waals surface area contributed by atoms with Crippen LogP contribution in [0.3, 0.4) is 0 Å². The standard InChI is InChI=1S/C41H24O34/c1-5(2)3-4-73-37(68)21-17(35(64)65)12(30(54)55)18(36(66)67)22(40(71)74-38(69)19-13(31(56)57)8(26(46)47)6(24(42)43)9(27(48)49)14(19)32(58)59)23(21)41(72)75-39(70)20-15(33(60)61)10(28(50)51)7(25(44)45)11(29(52)53)16(20)34(62)63/h5H,3-4H2,1-2H3,(H,42,43)(H,44,45)(H,46,47)(H,48,49)(H,50,51)(H,52,53)(H,54,55)(H,56,57)(H,58,59)(H,60,61)(H,62,63)(H,64,65)(H,66,67). The molecule has 392 valence electrons. The van der Waals surface area contributed by atoms with E-state index in [1.165, 1.54) is 13.8 Å². The lowest BCUT2D eigenvalue weighted by Crippen LogP contribution is -2.33. The Morgan fingerprint density at radius 1 is 0.253 bits per heavy atom. The fraction of sp³-hybridized carbons (Fsp3) is 0.122. The number of aromatic carboxylic acids is 13. The molecule has 0 saturated carbocycles. The van der Waals surface area contributed by atoms with Crippen molar-refractivity contribution in [3.63, 3.8) is 0 Å². The van der Waals surface area contributed by atoms with E-state index in [1.54, 1.807) is 0 Å². The lowest BCUT2D eigenvalue weighted by molar-refractivity contribution is 0.0341. The van der Waals surface area contributed by atoms with Gasteiger partial charge in [0, 0.05) is 0 Å². The lowest BCUT2D eigenvalue weighted by Gasteiger charge is -2.21. The van der Waals surface area contributed by atoms with Crippen molar-refractivity contribution in [3.05, 3.63) is 100 Å². The van der Waals surface area contributed by atoms with Crippen molar-refractivity contribution >= 4 is 107 Å². The number of carboxylic acid groups (broad SMARTS) is 13. The van der Waals surface area contributed by atoms with Crippen LogP contribution < -0.4 is 0 Å². The van der Waals surface area contributed by atoms with Gasteiger partial charge in [-0.25, -0.2) is 86.3 Å². The van der Waals surface area contributed by atoms with Gasteiger partial charge in [-0.1, -0.05) is 13.8 Å². The molecule has 0 saturated heterocycles. The van der Waals surface area contributed by atoms with Gasteiger partial charge >= 0.3 is 107 Å². The zero-order valence-corrected chi connectivity index (χ0v) is 36.4. The molecule has 0 spiro atoms. The van der Waals surface area contributed by atoms with E-state index >= 15 is 0 Å². The summed E-state index contributed by atoms with van der Waals surface area (Å²) in [7, 11) is 0. The third kappa shape index (κ3) is 10.7. The molecule has 13 N–H and O–H groups in total. The van der Waals surface area contributed by atoms with E-state index in [2.05, 4.69) is 9.47 Å². The molecule has 0 fully saturated rings. The molecule has 3 aromatic carbocycles. The molecular formula is C41H24O34. The van der Waals surface area contributed by atoms with Crippen LogP contribution in [0.1, 0.15) is 207 Å². The first-order valence-electron chi connectivity index (χ1n) is 19.0. The number of rotatable bonds is 21. The van der Waals surface area contributed by atoms with E-state index in [0.29, 0.717) is 0 Å². The van der Waals surface area contributed by atoms with E-state index in [1.807, 2.05) is 0 Å². The Bertz CT molecular complexity index is 3200. The molecule has 0 aromatic heterocycles. The molecule has 0 aliphatic carbocycles. The van der Waals surface area contributed by atoms with Gasteiger partial charge in [-0.2, -0.15) is 0 Å². The van der Waals surface area contributed by atoms with Crippen LogP contribution in [0.25, 0.3) is 0 Å². The Morgan fingerprint density at radius 2 is 0.387 bits per heavy atom. The van der Waals surface area contributed by atoms with Crippen LogP contribution in [0.5, 0.6) is 0 Å². The van der Waals surface area contributed by atoms with Crippen molar-refractivity contribution in [3.8, 4) is 0 Å². The minimum absolute atomic E-state index is 0.274. The second-order valence-corrected chi connectivity index (χ2v) is 14.4. The Balaban J connectivity index is 2.83. The van der Waals surface area contributed by atoms with E-state index in [-0.39, 0.29) is 6.42 Å². The highest BCUT2D eigenvalue weighted by Gasteiger charge is 2.47. The Labute approximate surface area is 407 Å². The summed E-state index contributed by atoms with van der Waals surface area (Å²) in [6.07, 6.45) is -0.274. The zero-order valence-electron chi connectivity index (χ0n) is 36.4. The summed E-state index contributed by atoms with van der Waals surface area (Å²) in [4.78, 5) is 233.